The van der Waals surface area contributed by atoms with Crippen molar-refractivity contribution in [1.29, 1.82) is 0 Å². The summed E-state index contributed by atoms with van der Waals surface area (Å²) in [5, 5.41) is 10.7. The van der Waals surface area contributed by atoms with E-state index in [1.54, 1.807) is 18.4 Å². The number of aromatic hydroxyl groups is 1. The van der Waals surface area contributed by atoms with E-state index < -0.39 is 0 Å². The molecular weight excluding hydrogens is 361 g/mol. The number of phenols is 1. The molecule has 4 aromatic rings. The number of furan rings is 1. The van der Waals surface area contributed by atoms with E-state index in [9.17, 15) is 5.11 Å². The molecule has 3 aromatic heterocycles. The molecule has 7 heteroatoms. The number of phenolic OH excluding ortho intramolecular Hbond substituents is 1. The van der Waals surface area contributed by atoms with E-state index in [2.05, 4.69) is 9.98 Å². The van der Waals surface area contributed by atoms with Crippen LogP contribution in [0.5, 0.6) is 5.75 Å². The van der Waals surface area contributed by atoms with Crippen molar-refractivity contribution >= 4 is 40.9 Å². The summed E-state index contributed by atoms with van der Waals surface area (Å²) >= 11 is 12.0. The Morgan fingerprint density at radius 3 is 2.84 bits per heavy atom. The largest absolute Gasteiger partial charge is 0.506 e. The van der Waals surface area contributed by atoms with Crippen molar-refractivity contribution in [2.24, 2.45) is 4.99 Å². The van der Waals surface area contributed by atoms with Crippen LogP contribution in [0.15, 0.2) is 64.3 Å². The van der Waals surface area contributed by atoms with Gasteiger partial charge in [0.1, 0.15) is 11.4 Å². The number of aliphatic imine (C=N–C) groups is 1. The molecule has 0 unspecified atom stereocenters. The summed E-state index contributed by atoms with van der Waals surface area (Å²) in [6, 6.07) is 12.3. The Morgan fingerprint density at radius 1 is 1.16 bits per heavy atom. The van der Waals surface area contributed by atoms with Crippen LogP contribution >= 0.6 is 23.2 Å². The Kier molecular flexibility index (Phi) is 3.95. The molecule has 5 nitrogen and oxygen atoms in total. The first-order valence-corrected chi connectivity index (χ1v) is 8.12. The molecular formula is C18H11Cl2N3O2. The molecule has 0 fully saturated rings. The van der Waals surface area contributed by atoms with E-state index in [0.717, 1.165) is 5.65 Å². The molecule has 0 saturated heterocycles. The van der Waals surface area contributed by atoms with Gasteiger partial charge in [0.2, 0.25) is 0 Å². The Labute approximate surface area is 152 Å². The summed E-state index contributed by atoms with van der Waals surface area (Å²) in [7, 11) is 0. The summed E-state index contributed by atoms with van der Waals surface area (Å²) in [6.07, 6.45) is 4.93. The number of halogens is 2. The third kappa shape index (κ3) is 2.88. The average molecular weight is 372 g/mol. The summed E-state index contributed by atoms with van der Waals surface area (Å²) in [5.41, 5.74) is 1.74. The molecule has 1 N–H and O–H groups in total. The smallest absolute Gasteiger partial charge is 0.168 e. The first kappa shape index (κ1) is 15.7. The highest BCUT2D eigenvalue weighted by Crippen LogP contribution is 2.33. The van der Waals surface area contributed by atoms with Crippen molar-refractivity contribution in [2.45, 2.75) is 0 Å². The van der Waals surface area contributed by atoms with Crippen LogP contribution in [0.3, 0.4) is 0 Å². The predicted molar refractivity (Wildman–Crippen MR) is 98.3 cm³/mol. The molecule has 0 bridgehead atoms. The highest BCUT2D eigenvalue weighted by atomic mass is 35.5. The third-order valence-electron chi connectivity index (χ3n) is 3.64. The van der Waals surface area contributed by atoms with E-state index in [-0.39, 0.29) is 10.8 Å². The van der Waals surface area contributed by atoms with Gasteiger partial charge in [-0.2, -0.15) is 0 Å². The molecule has 0 aliphatic heterocycles. The maximum Gasteiger partial charge on any atom is 0.168 e. The van der Waals surface area contributed by atoms with Gasteiger partial charge in [0, 0.05) is 23.0 Å². The van der Waals surface area contributed by atoms with Gasteiger partial charge in [0.15, 0.2) is 17.3 Å². The Morgan fingerprint density at radius 2 is 2.04 bits per heavy atom. The molecule has 0 atom stereocenters. The normalized spacial score (nSPS) is 11.6. The van der Waals surface area contributed by atoms with E-state index in [1.165, 1.54) is 12.3 Å². The number of hydrogen-bond donors (Lipinski definition) is 1. The van der Waals surface area contributed by atoms with Crippen LogP contribution in [0, 0.1) is 0 Å². The van der Waals surface area contributed by atoms with E-state index in [1.807, 2.05) is 34.9 Å². The highest BCUT2D eigenvalue weighted by molar-refractivity contribution is 6.36. The maximum atomic E-state index is 10.1. The second-order valence-corrected chi connectivity index (χ2v) is 6.12. The molecule has 4 rings (SSSR count). The molecule has 0 aliphatic rings. The fourth-order valence-electron chi connectivity index (χ4n) is 2.50. The summed E-state index contributed by atoms with van der Waals surface area (Å²) < 4.78 is 7.29. The third-order valence-corrected chi connectivity index (χ3v) is 4.15. The number of aromatic nitrogens is 2. The molecule has 124 valence electrons. The van der Waals surface area contributed by atoms with Crippen LogP contribution in [0.1, 0.15) is 5.56 Å². The van der Waals surface area contributed by atoms with E-state index in [0.29, 0.717) is 27.9 Å². The van der Waals surface area contributed by atoms with Crippen molar-refractivity contribution in [3.63, 3.8) is 0 Å². The van der Waals surface area contributed by atoms with Crippen LogP contribution in [0.25, 0.3) is 17.1 Å². The van der Waals surface area contributed by atoms with Crippen molar-refractivity contribution in [3.8, 4) is 17.2 Å². The standard InChI is InChI=1S/C18H11Cl2N3O2/c19-12-8-11(17(24)13(20)9-12)10-21-18-16(14-4-3-7-25-14)22-15-5-1-2-6-23(15)18/h1-10,24H/b21-10+. The number of rotatable bonds is 3. The molecule has 0 saturated carbocycles. The van der Waals surface area contributed by atoms with Gasteiger partial charge < -0.3 is 9.52 Å². The van der Waals surface area contributed by atoms with Crippen LogP contribution in [-0.4, -0.2) is 20.7 Å². The lowest BCUT2D eigenvalue weighted by molar-refractivity contribution is 0.475. The van der Waals surface area contributed by atoms with Gasteiger partial charge >= 0.3 is 0 Å². The fraction of sp³-hybridized carbons (Fsp3) is 0. The minimum atomic E-state index is -0.0804. The fourth-order valence-corrected chi connectivity index (χ4v) is 3.01. The van der Waals surface area contributed by atoms with Crippen LogP contribution in [0.4, 0.5) is 5.82 Å². The van der Waals surface area contributed by atoms with Crippen molar-refractivity contribution in [3.05, 3.63) is 70.5 Å². The van der Waals surface area contributed by atoms with Crippen LogP contribution in [0.2, 0.25) is 10.0 Å². The number of benzene rings is 1. The molecule has 3 heterocycles. The van der Waals surface area contributed by atoms with Gasteiger partial charge in [-0.05, 0) is 36.4 Å². The molecule has 1 aromatic carbocycles. The Hall–Kier alpha value is -2.76. The number of nitrogens with zero attached hydrogens (tertiary/aromatic N) is 3. The van der Waals surface area contributed by atoms with E-state index >= 15 is 0 Å². The molecule has 0 aliphatic carbocycles. The van der Waals surface area contributed by atoms with Crippen molar-refractivity contribution < 1.29 is 9.52 Å². The quantitative estimate of drug-likeness (QED) is 0.493. The number of imidazole rings is 1. The van der Waals surface area contributed by atoms with Crippen LogP contribution in [-0.2, 0) is 0 Å². The number of hydrogen-bond acceptors (Lipinski definition) is 4. The SMILES string of the molecule is Oc1c(Cl)cc(Cl)cc1/C=N/c1c(-c2ccco2)nc2ccccn12. The lowest BCUT2D eigenvalue weighted by atomic mass is 10.2. The second-order valence-electron chi connectivity index (χ2n) is 5.27. The maximum absolute atomic E-state index is 10.1. The average Bonchev–Trinajstić information content (AvgIpc) is 3.24. The summed E-state index contributed by atoms with van der Waals surface area (Å²) in [6.45, 7) is 0. The first-order chi connectivity index (χ1) is 12.1. The molecule has 25 heavy (non-hydrogen) atoms. The topological polar surface area (TPSA) is 63.0 Å². The lowest BCUT2D eigenvalue weighted by Crippen LogP contribution is -1.86. The molecule has 0 amide bonds. The number of pyridine rings is 1. The van der Waals surface area contributed by atoms with Gasteiger partial charge in [0.05, 0.1) is 11.3 Å². The number of fused-ring (bicyclic) bond motifs is 1. The predicted octanol–water partition coefficient (Wildman–Crippen LogP) is 5.36. The van der Waals surface area contributed by atoms with Gasteiger partial charge in [-0.3, -0.25) is 4.40 Å². The molecule has 0 radical (unpaired) electrons. The lowest BCUT2D eigenvalue weighted by Gasteiger charge is -2.03. The van der Waals surface area contributed by atoms with Gasteiger partial charge in [-0.1, -0.05) is 29.3 Å². The minimum Gasteiger partial charge on any atom is -0.506 e. The van der Waals surface area contributed by atoms with Crippen molar-refractivity contribution in [2.75, 3.05) is 0 Å². The summed E-state index contributed by atoms with van der Waals surface area (Å²) in [5.74, 6) is 1.09. The van der Waals surface area contributed by atoms with Gasteiger partial charge in [0.25, 0.3) is 0 Å². The van der Waals surface area contributed by atoms with Gasteiger partial charge in [-0.15, -0.1) is 0 Å². The minimum absolute atomic E-state index is 0.0804. The zero-order chi connectivity index (χ0) is 17.4. The summed E-state index contributed by atoms with van der Waals surface area (Å²) in [4.78, 5) is 9.07. The zero-order valence-corrected chi connectivity index (χ0v) is 14.2. The monoisotopic (exact) mass is 371 g/mol. The van der Waals surface area contributed by atoms with Crippen molar-refractivity contribution in [1.82, 2.24) is 9.38 Å². The van der Waals surface area contributed by atoms with E-state index in [4.69, 9.17) is 27.6 Å². The zero-order valence-electron chi connectivity index (χ0n) is 12.7. The Bertz CT molecular complexity index is 1090. The Balaban J connectivity index is 1.88. The van der Waals surface area contributed by atoms with Crippen LogP contribution < -0.4 is 0 Å². The molecule has 0 spiro atoms. The van der Waals surface area contributed by atoms with Gasteiger partial charge in [-0.25, -0.2) is 9.98 Å². The first-order valence-electron chi connectivity index (χ1n) is 7.36. The second kappa shape index (κ2) is 6.27. The highest BCUT2D eigenvalue weighted by Gasteiger charge is 2.15.